The predicted octanol–water partition coefficient (Wildman–Crippen LogP) is 5.91. The molecule has 2 unspecified atom stereocenters. The van der Waals surface area contributed by atoms with Crippen LogP contribution in [-0.4, -0.2) is 44.7 Å². The summed E-state index contributed by atoms with van der Waals surface area (Å²) >= 11 is 12.2. The normalized spacial score (nSPS) is 17.9. The number of fused-ring (bicyclic) bond motifs is 1. The van der Waals surface area contributed by atoms with Crippen LogP contribution in [0.3, 0.4) is 0 Å². The van der Waals surface area contributed by atoms with Gasteiger partial charge in [-0.2, -0.15) is 13.2 Å². The molecular formula is C25H28Cl2F3NO4S. The van der Waals surface area contributed by atoms with Crippen LogP contribution >= 0.6 is 23.2 Å². The van der Waals surface area contributed by atoms with Crippen LogP contribution in [0.2, 0.25) is 10.0 Å². The van der Waals surface area contributed by atoms with Gasteiger partial charge < -0.3 is 10.1 Å². The minimum absolute atomic E-state index is 0.0251. The molecule has 1 amide bonds. The van der Waals surface area contributed by atoms with Gasteiger partial charge in [0.2, 0.25) is 0 Å². The molecule has 0 heterocycles. The maximum Gasteiger partial charge on any atom is 0.471 e. The molecule has 0 saturated heterocycles. The molecule has 2 atom stereocenters. The predicted molar refractivity (Wildman–Crippen MR) is 135 cm³/mol. The molecule has 1 aliphatic carbocycles. The number of nitrogens with one attached hydrogen (secondary N) is 1. The second kappa shape index (κ2) is 12.0. The molecule has 36 heavy (non-hydrogen) atoms. The largest absolute Gasteiger partial charge is 0.494 e. The summed E-state index contributed by atoms with van der Waals surface area (Å²) in [5.74, 6) is -1.80. The van der Waals surface area contributed by atoms with Crippen molar-refractivity contribution < 1.29 is 31.1 Å². The number of sulfone groups is 1. The first-order valence-corrected chi connectivity index (χ1v) is 14.2. The Morgan fingerprint density at radius 3 is 2.53 bits per heavy atom. The highest BCUT2D eigenvalue weighted by atomic mass is 35.5. The first-order valence-electron chi connectivity index (χ1n) is 11.7. The molecule has 0 aliphatic heterocycles. The van der Waals surface area contributed by atoms with Gasteiger partial charge in [-0.05, 0) is 73.1 Å². The highest BCUT2D eigenvalue weighted by Gasteiger charge is 2.42. The van der Waals surface area contributed by atoms with Gasteiger partial charge in [0.05, 0.1) is 22.4 Å². The first-order chi connectivity index (χ1) is 16.9. The summed E-state index contributed by atoms with van der Waals surface area (Å²) in [4.78, 5) is 11.8. The van der Waals surface area contributed by atoms with Crippen molar-refractivity contribution in [2.45, 2.75) is 57.2 Å². The summed E-state index contributed by atoms with van der Waals surface area (Å²) in [5, 5.41) is 2.86. The molecular weight excluding hydrogens is 538 g/mol. The Morgan fingerprint density at radius 1 is 1.11 bits per heavy atom. The van der Waals surface area contributed by atoms with Crippen molar-refractivity contribution in [3.8, 4) is 5.75 Å². The molecule has 5 nitrogen and oxygen atoms in total. The topological polar surface area (TPSA) is 72.5 Å². The van der Waals surface area contributed by atoms with Gasteiger partial charge in [0.25, 0.3) is 0 Å². The molecule has 11 heteroatoms. The Morgan fingerprint density at radius 2 is 1.86 bits per heavy atom. The van der Waals surface area contributed by atoms with Gasteiger partial charge in [-0.15, -0.1) is 0 Å². The second-order valence-corrected chi connectivity index (χ2v) is 12.0. The number of benzene rings is 2. The monoisotopic (exact) mass is 565 g/mol. The number of amides is 1. The fourth-order valence-electron chi connectivity index (χ4n) is 4.44. The number of carbonyl (C=O) groups is 1. The molecule has 0 aromatic heterocycles. The van der Waals surface area contributed by atoms with Crippen molar-refractivity contribution in [2.75, 3.05) is 18.1 Å². The van der Waals surface area contributed by atoms with Crippen LogP contribution in [0.15, 0.2) is 36.4 Å². The molecule has 198 valence electrons. The van der Waals surface area contributed by atoms with E-state index in [0.29, 0.717) is 47.9 Å². The summed E-state index contributed by atoms with van der Waals surface area (Å²) in [5.41, 5.74) is 2.49. The van der Waals surface area contributed by atoms with E-state index in [4.69, 9.17) is 27.9 Å². The molecule has 0 fully saturated rings. The molecule has 0 saturated carbocycles. The minimum Gasteiger partial charge on any atom is -0.494 e. The molecule has 2 aromatic rings. The molecule has 0 spiro atoms. The maximum atomic E-state index is 13.0. The quantitative estimate of drug-likeness (QED) is 0.363. The number of halogens is 5. The zero-order valence-corrected chi connectivity index (χ0v) is 22.0. The average molecular weight is 566 g/mol. The number of carbonyl (C=O) groups excluding carboxylic acids is 1. The number of alkyl halides is 3. The molecule has 1 aliphatic rings. The fraction of sp³-hybridized carbons (Fsp3) is 0.480. The molecule has 3 rings (SSSR count). The first kappa shape index (κ1) is 28.6. The Hall–Kier alpha value is -1.97. The van der Waals surface area contributed by atoms with Gasteiger partial charge in [0, 0.05) is 17.7 Å². The Kier molecular flexibility index (Phi) is 9.57. The van der Waals surface area contributed by atoms with E-state index in [9.17, 15) is 26.4 Å². The number of hydrogen-bond donors (Lipinski definition) is 1. The van der Waals surface area contributed by atoms with Gasteiger partial charge in [-0.3, -0.25) is 4.79 Å². The summed E-state index contributed by atoms with van der Waals surface area (Å²) in [7, 11) is -3.11. The van der Waals surface area contributed by atoms with Crippen molar-refractivity contribution in [1.29, 1.82) is 0 Å². The molecule has 1 N–H and O–H groups in total. The second-order valence-electron chi connectivity index (χ2n) is 8.89. The fourth-order valence-corrected chi connectivity index (χ4v) is 6.15. The lowest BCUT2D eigenvalue weighted by atomic mass is 9.76. The van der Waals surface area contributed by atoms with E-state index < -0.39 is 33.9 Å². The van der Waals surface area contributed by atoms with E-state index in [0.717, 1.165) is 16.7 Å². The van der Waals surface area contributed by atoms with Gasteiger partial charge in [0.1, 0.15) is 15.6 Å². The molecule has 2 aromatic carbocycles. The van der Waals surface area contributed by atoms with Crippen LogP contribution in [0.5, 0.6) is 5.75 Å². The number of ether oxygens (including phenoxy) is 1. The third-order valence-corrected chi connectivity index (χ3v) is 8.80. The van der Waals surface area contributed by atoms with E-state index in [-0.39, 0.29) is 18.1 Å². The molecule has 0 radical (unpaired) electrons. The zero-order valence-electron chi connectivity index (χ0n) is 19.7. The van der Waals surface area contributed by atoms with E-state index in [2.05, 4.69) is 5.32 Å². The van der Waals surface area contributed by atoms with Crippen LogP contribution in [0, 0.1) is 0 Å². The minimum atomic E-state index is -4.99. The number of aryl methyl sites for hydroxylation is 1. The van der Waals surface area contributed by atoms with Crippen molar-refractivity contribution in [1.82, 2.24) is 5.32 Å². The Balaban J connectivity index is 1.83. The van der Waals surface area contributed by atoms with Gasteiger partial charge in [-0.1, -0.05) is 42.3 Å². The van der Waals surface area contributed by atoms with E-state index >= 15 is 0 Å². The average Bonchev–Trinajstić information content (AvgIpc) is 2.80. The van der Waals surface area contributed by atoms with Crippen LogP contribution in [-0.2, 0) is 27.5 Å². The lowest BCUT2D eigenvalue weighted by Crippen LogP contribution is -2.47. The third-order valence-electron chi connectivity index (χ3n) is 6.12. The number of rotatable bonds is 10. The maximum absolute atomic E-state index is 13.0. The third kappa shape index (κ3) is 7.76. The summed E-state index contributed by atoms with van der Waals surface area (Å²) in [6.45, 7) is 1.99. The SMILES string of the molecule is CCCS(=O)(=O)CCCOc1ccc2c(c1)C(Cc1ccc(Cl)c(Cl)c1)C(NC(=O)C(F)(F)F)CC2. The highest BCUT2D eigenvalue weighted by molar-refractivity contribution is 7.91. The summed E-state index contributed by atoms with van der Waals surface area (Å²) in [6.07, 6.45) is -2.94. The van der Waals surface area contributed by atoms with E-state index in [1.54, 1.807) is 37.3 Å². The van der Waals surface area contributed by atoms with Crippen molar-refractivity contribution in [3.05, 3.63) is 63.1 Å². The Labute approximate surface area is 219 Å². The van der Waals surface area contributed by atoms with Gasteiger partial charge >= 0.3 is 12.1 Å². The number of hydrogen-bond acceptors (Lipinski definition) is 4. The van der Waals surface area contributed by atoms with Crippen molar-refractivity contribution in [2.24, 2.45) is 0 Å². The van der Waals surface area contributed by atoms with Crippen LogP contribution in [0.1, 0.15) is 48.8 Å². The van der Waals surface area contributed by atoms with Crippen LogP contribution in [0.25, 0.3) is 0 Å². The standard InChI is InChI=1S/C25H28Cl2F3NO4S/c1-2-11-36(33,34)12-3-10-35-18-7-5-17-6-9-23(31-24(32)25(28,29)30)20(19(17)15-18)13-16-4-8-21(26)22(27)14-16/h4-5,7-8,14-15,20,23H,2-3,6,9-13H2,1H3,(H,31,32). The molecule has 0 bridgehead atoms. The highest BCUT2D eigenvalue weighted by Crippen LogP contribution is 2.38. The lowest BCUT2D eigenvalue weighted by molar-refractivity contribution is -0.174. The van der Waals surface area contributed by atoms with E-state index in [1.165, 1.54) is 0 Å². The summed E-state index contributed by atoms with van der Waals surface area (Å²) < 4.78 is 68.6. The lowest BCUT2D eigenvalue weighted by Gasteiger charge is -2.35. The van der Waals surface area contributed by atoms with E-state index in [1.807, 2.05) is 6.07 Å². The smallest absolute Gasteiger partial charge is 0.471 e. The van der Waals surface area contributed by atoms with Gasteiger partial charge in [0.15, 0.2) is 0 Å². The zero-order chi connectivity index (χ0) is 26.5. The van der Waals surface area contributed by atoms with Gasteiger partial charge in [-0.25, -0.2) is 8.42 Å². The van der Waals surface area contributed by atoms with Crippen LogP contribution < -0.4 is 10.1 Å². The van der Waals surface area contributed by atoms with Crippen molar-refractivity contribution >= 4 is 38.9 Å². The van der Waals surface area contributed by atoms with Crippen LogP contribution in [0.4, 0.5) is 13.2 Å². The summed E-state index contributed by atoms with van der Waals surface area (Å²) in [6, 6.07) is 9.69. The van der Waals surface area contributed by atoms with Crippen molar-refractivity contribution in [3.63, 3.8) is 0 Å². The Bertz CT molecular complexity index is 1190.